The number of ether oxygens (including phenoxy) is 1. The summed E-state index contributed by atoms with van der Waals surface area (Å²) >= 11 is 0. The van der Waals surface area contributed by atoms with Gasteiger partial charge in [0, 0.05) is 17.8 Å². The molecule has 158 valence electrons. The molecular weight excluding hydrogens is 415 g/mol. The first kappa shape index (κ1) is 20.2. The quantitative estimate of drug-likeness (QED) is 0.511. The molecule has 1 N–H and O–H groups in total. The van der Waals surface area contributed by atoms with E-state index >= 15 is 0 Å². The summed E-state index contributed by atoms with van der Waals surface area (Å²) in [5, 5.41) is 13.4. The minimum Gasteiger partial charge on any atom is -0.508 e. The number of alkyl halides is 3. The fourth-order valence-electron chi connectivity index (χ4n) is 2.90. The van der Waals surface area contributed by atoms with Crippen LogP contribution in [0, 0.1) is 0 Å². The third-order valence-corrected chi connectivity index (χ3v) is 4.27. The van der Waals surface area contributed by atoms with E-state index in [1.807, 2.05) is 0 Å². The van der Waals surface area contributed by atoms with Crippen molar-refractivity contribution in [3.05, 3.63) is 82.8 Å². The predicted octanol–water partition coefficient (Wildman–Crippen LogP) is 4.22. The zero-order valence-corrected chi connectivity index (χ0v) is 15.7. The predicted molar refractivity (Wildman–Crippen MR) is 103 cm³/mol. The van der Waals surface area contributed by atoms with E-state index in [9.17, 15) is 23.1 Å². The molecule has 0 aliphatic rings. The number of nitrogens with zero attached hydrogens (tertiary/aromatic N) is 3. The number of pyridine rings is 1. The van der Waals surface area contributed by atoms with E-state index in [1.54, 1.807) is 24.4 Å². The molecule has 2 aromatic heterocycles. The number of phenols is 1. The van der Waals surface area contributed by atoms with Crippen molar-refractivity contribution >= 4 is 0 Å². The second-order valence-corrected chi connectivity index (χ2v) is 6.55. The number of aromatic hydroxyl groups is 1. The van der Waals surface area contributed by atoms with E-state index in [4.69, 9.17) is 4.52 Å². The summed E-state index contributed by atoms with van der Waals surface area (Å²) in [4.78, 5) is 16.4. The Morgan fingerprint density at radius 3 is 2.48 bits per heavy atom. The summed E-state index contributed by atoms with van der Waals surface area (Å²) in [5.41, 5.74) is 1.38. The molecule has 0 aliphatic carbocycles. The molecule has 0 aliphatic heterocycles. The average Bonchev–Trinajstić information content (AvgIpc) is 3.19. The lowest BCUT2D eigenvalue weighted by Gasteiger charge is -2.08. The maximum atomic E-state index is 12.3. The molecule has 0 fully saturated rings. The Hall–Kier alpha value is -4.08. The zero-order chi connectivity index (χ0) is 22.0. The molecule has 31 heavy (non-hydrogen) atoms. The van der Waals surface area contributed by atoms with E-state index in [0.717, 1.165) is 17.7 Å². The van der Waals surface area contributed by atoms with Crippen LogP contribution in [-0.2, 0) is 6.54 Å². The number of hydrogen-bond acceptors (Lipinski definition) is 6. The van der Waals surface area contributed by atoms with Crippen molar-refractivity contribution < 1.29 is 27.5 Å². The van der Waals surface area contributed by atoms with Gasteiger partial charge in [0.15, 0.2) is 0 Å². The van der Waals surface area contributed by atoms with Crippen molar-refractivity contribution in [3.63, 3.8) is 0 Å². The Kier molecular flexibility index (Phi) is 5.20. The van der Waals surface area contributed by atoms with Gasteiger partial charge in [-0.15, -0.1) is 13.2 Å². The van der Waals surface area contributed by atoms with Gasteiger partial charge in [-0.2, -0.15) is 4.98 Å². The summed E-state index contributed by atoms with van der Waals surface area (Å²) in [5.74, 6) is 0.0310. The van der Waals surface area contributed by atoms with Gasteiger partial charge in [-0.25, -0.2) is 0 Å². The molecular formula is C21H14F3N3O4. The Labute approximate surface area is 173 Å². The third-order valence-electron chi connectivity index (χ3n) is 4.27. The van der Waals surface area contributed by atoms with Crippen molar-refractivity contribution in [2.75, 3.05) is 0 Å². The Balaban J connectivity index is 1.57. The molecule has 7 nitrogen and oxygen atoms in total. The second kappa shape index (κ2) is 7.98. The van der Waals surface area contributed by atoms with E-state index in [2.05, 4.69) is 14.9 Å². The minimum absolute atomic E-state index is 0.0925. The highest BCUT2D eigenvalue weighted by Gasteiger charge is 2.31. The van der Waals surface area contributed by atoms with Gasteiger partial charge in [0.25, 0.3) is 11.4 Å². The van der Waals surface area contributed by atoms with Crippen LogP contribution in [0.15, 0.2) is 76.2 Å². The molecule has 0 saturated heterocycles. The van der Waals surface area contributed by atoms with Gasteiger partial charge in [0.2, 0.25) is 5.82 Å². The number of rotatable bonds is 5. The van der Waals surface area contributed by atoms with E-state index in [0.29, 0.717) is 11.1 Å². The van der Waals surface area contributed by atoms with Crippen LogP contribution in [0.25, 0.3) is 22.8 Å². The topological polar surface area (TPSA) is 90.4 Å². The standard InChI is InChI=1S/C21H14F3N3O4/c22-21(23,24)30-17-7-4-14(5-8-17)19-25-20(31-26-19)15-6-9-18(29)27(12-15)11-13-2-1-3-16(28)10-13/h1-10,12,28H,11H2. The first-order valence-corrected chi connectivity index (χ1v) is 8.95. The van der Waals surface area contributed by atoms with Gasteiger partial charge in [-0.1, -0.05) is 17.3 Å². The van der Waals surface area contributed by atoms with Crippen molar-refractivity contribution in [2.24, 2.45) is 0 Å². The Morgan fingerprint density at radius 1 is 1.03 bits per heavy atom. The zero-order valence-electron chi connectivity index (χ0n) is 15.7. The summed E-state index contributed by atoms with van der Waals surface area (Å²) < 4.78 is 47.3. The van der Waals surface area contributed by atoms with Crippen LogP contribution >= 0.6 is 0 Å². The van der Waals surface area contributed by atoms with Gasteiger partial charge < -0.3 is 18.9 Å². The maximum absolute atomic E-state index is 12.3. The molecule has 10 heteroatoms. The fourth-order valence-corrected chi connectivity index (χ4v) is 2.90. The van der Waals surface area contributed by atoms with Crippen LogP contribution in [0.3, 0.4) is 0 Å². The molecule has 0 unspecified atom stereocenters. The normalized spacial score (nSPS) is 11.5. The highest BCUT2D eigenvalue weighted by atomic mass is 19.4. The summed E-state index contributed by atoms with van der Waals surface area (Å²) in [7, 11) is 0. The lowest BCUT2D eigenvalue weighted by molar-refractivity contribution is -0.274. The average molecular weight is 429 g/mol. The van der Waals surface area contributed by atoms with Gasteiger partial charge in [0.05, 0.1) is 12.1 Å². The smallest absolute Gasteiger partial charge is 0.508 e. The summed E-state index contributed by atoms with van der Waals surface area (Å²) in [6, 6.07) is 14.5. The second-order valence-electron chi connectivity index (χ2n) is 6.55. The molecule has 2 heterocycles. The van der Waals surface area contributed by atoms with Gasteiger partial charge >= 0.3 is 6.36 Å². The number of hydrogen-bond donors (Lipinski definition) is 1. The van der Waals surface area contributed by atoms with Crippen LogP contribution < -0.4 is 10.3 Å². The van der Waals surface area contributed by atoms with Crippen molar-refractivity contribution in [1.29, 1.82) is 0 Å². The van der Waals surface area contributed by atoms with Gasteiger partial charge in [0.1, 0.15) is 11.5 Å². The molecule has 0 spiro atoms. The van der Waals surface area contributed by atoms with Crippen molar-refractivity contribution in [2.45, 2.75) is 12.9 Å². The van der Waals surface area contributed by atoms with E-state index in [-0.39, 0.29) is 35.3 Å². The molecule has 2 aromatic carbocycles. The molecule has 0 saturated carbocycles. The summed E-state index contributed by atoms with van der Waals surface area (Å²) in [6.45, 7) is 0.225. The van der Waals surface area contributed by atoms with Gasteiger partial charge in [-0.3, -0.25) is 4.79 Å². The van der Waals surface area contributed by atoms with E-state index in [1.165, 1.54) is 34.9 Å². The largest absolute Gasteiger partial charge is 0.573 e. The minimum atomic E-state index is -4.78. The van der Waals surface area contributed by atoms with Crippen LogP contribution in [0.1, 0.15) is 5.56 Å². The van der Waals surface area contributed by atoms with Crippen LogP contribution in [0.5, 0.6) is 11.5 Å². The lowest BCUT2D eigenvalue weighted by atomic mass is 10.2. The molecule has 0 radical (unpaired) electrons. The molecule has 0 amide bonds. The Bertz CT molecular complexity index is 1260. The fraction of sp³-hybridized carbons (Fsp3) is 0.0952. The number of phenolic OH excluding ortho intramolecular Hbond substituents is 1. The lowest BCUT2D eigenvalue weighted by Crippen LogP contribution is -2.19. The molecule has 4 rings (SSSR count). The van der Waals surface area contributed by atoms with E-state index < -0.39 is 6.36 Å². The highest BCUT2D eigenvalue weighted by Crippen LogP contribution is 2.26. The first-order valence-electron chi connectivity index (χ1n) is 8.95. The number of aromatic nitrogens is 3. The SMILES string of the molecule is O=c1ccc(-c2nc(-c3ccc(OC(F)(F)F)cc3)no2)cn1Cc1cccc(O)c1. The van der Waals surface area contributed by atoms with Crippen LogP contribution in [0.2, 0.25) is 0 Å². The molecule has 0 atom stereocenters. The highest BCUT2D eigenvalue weighted by molar-refractivity contribution is 5.60. The Morgan fingerprint density at radius 2 is 1.77 bits per heavy atom. The molecule has 0 bridgehead atoms. The number of benzene rings is 2. The van der Waals surface area contributed by atoms with Gasteiger partial charge in [-0.05, 0) is 48.0 Å². The van der Waals surface area contributed by atoms with Crippen molar-refractivity contribution in [3.8, 4) is 34.3 Å². The van der Waals surface area contributed by atoms with Crippen LogP contribution in [-0.4, -0.2) is 26.2 Å². The summed E-state index contributed by atoms with van der Waals surface area (Å²) in [6.07, 6.45) is -3.23. The number of halogens is 3. The first-order chi connectivity index (χ1) is 14.8. The molecule has 4 aromatic rings. The van der Waals surface area contributed by atoms with Crippen molar-refractivity contribution in [1.82, 2.24) is 14.7 Å². The maximum Gasteiger partial charge on any atom is 0.573 e. The monoisotopic (exact) mass is 429 g/mol. The van der Waals surface area contributed by atoms with Crippen LogP contribution in [0.4, 0.5) is 13.2 Å². The third kappa shape index (κ3) is 4.92.